The molecule has 4 aromatic rings. The third-order valence-electron chi connectivity index (χ3n) is 9.12. The van der Waals surface area contributed by atoms with E-state index in [1.807, 2.05) is 18.3 Å². The fourth-order valence-electron chi connectivity index (χ4n) is 7.42. The third kappa shape index (κ3) is 3.39. The SMILES string of the molecule is O=C(O)[C@H]1C[C@@]2(CC[C@@H](c3c(C4CCOCC4)n(-c4ccc(F)cc4)c4cc5cn[nH]c5cc34)C2)C1. The fourth-order valence-corrected chi connectivity index (χ4v) is 7.42. The summed E-state index contributed by atoms with van der Waals surface area (Å²) in [6, 6.07) is 11.3. The molecular formula is C29H30FN3O3. The second-order valence-electron chi connectivity index (χ2n) is 11.2. The molecule has 1 spiro atoms. The Labute approximate surface area is 208 Å². The lowest BCUT2D eigenvalue weighted by Crippen LogP contribution is -2.39. The van der Waals surface area contributed by atoms with Crippen LogP contribution in [0.5, 0.6) is 0 Å². The highest BCUT2D eigenvalue weighted by Gasteiger charge is 2.52. The largest absolute Gasteiger partial charge is 0.481 e. The molecule has 1 saturated heterocycles. The van der Waals surface area contributed by atoms with Crippen LogP contribution >= 0.6 is 0 Å². The van der Waals surface area contributed by atoms with Gasteiger partial charge >= 0.3 is 5.97 Å². The fraction of sp³-hybridized carbons (Fsp3) is 0.448. The van der Waals surface area contributed by atoms with Gasteiger partial charge in [-0.25, -0.2) is 4.39 Å². The van der Waals surface area contributed by atoms with Gasteiger partial charge in [0.2, 0.25) is 0 Å². The number of nitrogens with zero attached hydrogens (tertiary/aromatic N) is 2. The summed E-state index contributed by atoms with van der Waals surface area (Å²) in [4.78, 5) is 11.5. The summed E-state index contributed by atoms with van der Waals surface area (Å²) in [6.07, 6.45) is 8.58. The molecule has 3 fully saturated rings. The van der Waals surface area contributed by atoms with Gasteiger partial charge in [0, 0.05) is 41.3 Å². The number of rotatable bonds is 4. The maximum atomic E-state index is 13.9. The molecule has 0 bridgehead atoms. The number of ether oxygens (including phenoxy) is 1. The molecule has 1 aliphatic heterocycles. The smallest absolute Gasteiger partial charge is 0.306 e. The van der Waals surface area contributed by atoms with E-state index >= 15 is 0 Å². The lowest BCUT2D eigenvalue weighted by atomic mass is 9.60. The van der Waals surface area contributed by atoms with Gasteiger partial charge in [0.05, 0.1) is 23.1 Å². The van der Waals surface area contributed by atoms with Gasteiger partial charge < -0.3 is 14.4 Å². The first-order chi connectivity index (χ1) is 17.5. The van der Waals surface area contributed by atoms with E-state index in [4.69, 9.17) is 4.74 Å². The number of nitrogens with one attached hydrogen (secondary N) is 1. The number of carboxylic acids is 1. The van der Waals surface area contributed by atoms with Gasteiger partial charge in [-0.2, -0.15) is 5.10 Å². The lowest BCUT2D eigenvalue weighted by molar-refractivity contribution is -0.150. The predicted octanol–water partition coefficient (Wildman–Crippen LogP) is 6.29. The Hall–Kier alpha value is -3.19. The highest BCUT2D eigenvalue weighted by molar-refractivity contribution is 5.99. The molecule has 0 amide bonds. The number of hydrogen-bond acceptors (Lipinski definition) is 3. The zero-order chi connectivity index (χ0) is 24.4. The van der Waals surface area contributed by atoms with Crippen LogP contribution in [0.4, 0.5) is 4.39 Å². The Bertz CT molecular complexity index is 1460. The number of hydrogen-bond donors (Lipinski definition) is 2. The van der Waals surface area contributed by atoms with Gasteiger partial charge in [-0.1, -0.05) is 0 Å². The number of H-pyrrole nitrogens is 1. The minimum Gasteiger partial charge on any atom is -0.481 e. The van der Waals surface area contributed by atoms with Gasteiger partial charge in [-0.15, -0.1) is 0 Å². The summed E-state index contributed by atoms with van der Waals surface area (Å²) < 4.78 is 22.0. The molecule has 7 rings (SSSR count). The first kappa shape index (κ1) is 22.0. The molecule has 0 unspecified atom stereocenters. The van der Waals surface area contributed by atoms with Crippen molar-refractivity contribution >= 4 is 27.8 Å². The van der Waals surface area contributed by atoms with E-state index in [2.05, 4.69) is 26.9 Å². The van der Waals surface area contributed by atoms with Crippen LogP contribution in [0.15, 0.2) is 42.6 Å². The number of benzene rings is 2. The molecule has 2 aliphatic carbocycles. The normalized spacial score (nSPS) is 26.7. The zero-order valence-electron chi connectivity index (χ0n) is 20.2. The Morgan fingerprint density at radius 1 is 1.08 bits per heavy atom. The number of fused-ring (bicyclic) bond motifs is 2. The zero-order valence-corrected chi connectivity index (χ0v) is 20.2. The van der Waals surface area contributed by atoms with Crippen molar-refractivity contribution in [3.8, 4) is 5.69 Å². The van der Waals surface area contributed by atoms with E-state index in [9.17, 15) is 14.3 Å². The summed E-state index contributed by atoms with van der Waals surface area (Å²) in [5.74, 6) is -0.351. The number of aliphatic carboxylic acids is 1. The monoisotopic (exact) mass is 487 g/mol. The van der Waals surface area contributed by atoms with Gasteiger partial charge in [0.25, 0.3) is 0 Å². The quantitative estimate of drug-likeness (QED) is 0.355. The van der Waals surface area contributed by atoms with E-state index < -0.39 is 5.97 Å². The van der Waals surface area contributed by atoms with Crippen molar-refractivity contribution in [1.82, 2.24) is 14.8 Å². The van der Waals surface area contributed by atoms with Gasteiger partial charge in [0.15, 0.2) is 0 Å². The second-order valence-corrected chi connectivity index (χ2v) is 11.2. The molecule has 2 aromatic heterocycles. The molecule has 7 heteroatoms. The van der Waals surface area contributed by atoms with Crippen molar-refractivity contribution < 1.29 is 19.0 Å². The standard InChI is InChI=1S/C29H30FN3O3/c30-21-1-3-22(4-2-21)33-25-11-19-16-31-32-24(19)12-23(25)26(27(33)17-6-9-36-10-7-17)18-5-8-29(13-18)14-20(15-29)28(34)35/h1-4,11-12,16-18,20H,5-10,13-15H2,(H,31,32)(H,34,35)/t18-,20-,29-/m1/s1. The highest BCUT2D eigenvalue weighted by atomic mass is 19.1. The van der Waals surface area contributed by atoms with Crippen LogP contribution in [0.1, 0.15) is 68.0 Å². The van der Waals surface area contributed by atoms with E-state index in [0.717, 1.165) is 80.3 Å². The maximum Gasteiger partial charge on any atom is 0.306 e. The first-order valence-electron chi connectivity index (χ1n) is 13.1. The van der Waals surface area contributed by atoms with Crippen molar-refractivity contribution in [1.29, 1.82) is 0 Å². The number of halogens is 1. The summed E-state index contributed by atoms with van der Waals surface area (Å²) in [6.45, 7) is 1.49. The molecule has 6 nitrogen and oxygen atoms in total. The Balaban J connectivity index is 1.43. The predicted molar refractivity (Wildman–Crippen MR) is 135 cm³/mol. The van der Waals surface area contributed by atoms with Crippen LogP contribution in [0.3, 0.4) is 0 Å². The van der Waals surface area contributed by atoms with E-state index in [-0.39, 0.29) is 17.2 Å². The number of carboxylic acid groups (broad SMARTS) is 1. The van der Waals surface area contributed by atoms with E-state index in [1.54, 1.807) is 0 Å². The lowest BCUT2D eigenvalue weighted by Gasteiger charge is -2.43. The Kier molecular flexibility index (Phi) is 5.00. The third-order valence-corrected chi connectivity index (χ3v) is 9.12. The van der Waals surface area contributed by atoms with Crippen LogP contribution in [-0.4, -0.2) is 39.1 Å². The maximum absolute atomic E-state index is 13.9. The molecule has 2 aromatic carbocycles. The van der Waals surface area contributed by atoms with Crippen molar-refractivity contribution in [2.24, 2.45) is 11.3 Å². The van der Waals surface area contributed by atoms with Crippen molar-refractivity contribution in [2.75, 3.05) is 13.2 Å². The minimum atomic E-state index is -0.651. The first-order valence-corrected chi connectivity index (χ1v) is 13.1. The summed E-state index contributed by atoms with van der Waals surface area (Å²) in [5, 5.41) is 19.2. The molecular weight excluding hydrogens is 457 g/mol. The topological polar surface area (TPSA) is 80.1 Å². The number of aromatic nitrogens is 3. The average Bonchev–Trinajstić information content (AvgIpc) is 3.58. The number of aromatic amines is 1. The average molecular weight is 488 g/mol. The Morgan fingerprint density at radius 3 is 2.61 bits per heavy atom. The minimum absolute atomic E-state index is 0.156. The summed E-state index contributed by atoms with van der Waals surface area (Å²) in [7, 11) is 0. The molecule has 0 radical (unpaired) electrons. The number of carbonyl (C=O) groups is 1. The van der Waals surface area contributed by atoms with Gasteiger partial charge in [0.1, 0.15) is 5.82 Å². The second kappa shape index (κ2) is 8.17. The molecule has 2 saturated carbocycles. The molecule has 186 valence electrons. The summed E-state index contributed by atoms with van der Waals surface area (Å²) >= 11 is 0. The summed E-state index contributed by atoms with van der Waals surface area (Å²) in [5.41, 5.74) is 6.00. The van der Waals surface area contributed by atoms with Crippen molar-refractivity contribution in [2.45, 2.75) is 56.8 Å². The molecule has 3 heterocycles. The molecule has 2 N–H and O–H groups in total. The van der Waals surface area contributed by atoms with E-state index in [1.165, 1.54) is 28.8 Å². The highest BCUT2D eigenvalue weighted by Crippen LogP contribution is 2.61. The van der Waals surface area contributed by atoms with Crippen molar-refractivity contribution in [3.05, 3.63) is 59.7 Å². The Morgan fingerprint density at radius 2 is 1.86 bits per heavy atom. The molecule has 36 heavy (non-hydrogen) atoms. The van der Waals surface area contributed by atoms with Crippen molar-refractivity contribution in [3.63, 3.8) is 0 Å². The van der Waals surface area contributed by atoms with Crippen LogP contribution in [0.25, 0.3) is 27.5 Å². The van der Waals surface area contributed by atoms with Crippen LogP contribution in [0, 0.1) is 17.2 Å². The van der Waals surface area contributed by atoms with Crippen LogP contribution in [0.2, 0.25) is 0 Å². The van der Waals surface area contributed by atoms with Gasteiger partial charge in [-0.05, 0) is 98.2 Å². The molecule has 1 atom stereocenters. The molecule has 3 aliphatic rings. The van der Waals surface area contributed by atoms with Crippen LogP contribution in [-0.2, 0) is 9.53 Å². The van der Waals surface area contributed by atoms with Gasteiger partial charge in [-0.3, -0.25) is 9.89 Å². The van der Waals surface area contributed by atoms with Crippen LogP contribution < -0.4 is 0 Å². The van der Waals surface area contributed by atoms with E-state index in [0.29, 0.717) is 11.8 Å².